The molecule has 0 heterocycles. The first kappa shape index (κ1) is 14.6. The molecule has 1 aromatic rings. The molecule has 1 aromatic carbocycles. The van der Waals surface area contributed by atoms with Crippen molar-refractivity contribution in [1.82, 2.24) is 0 Å². The zero-order chi connectivity index (χ0) is 15.3. The highest BCUT2D eigenvalue weighted by molar-refractivity contribution is 5.45. The van der Waals surface area contributed by atoms with Crippen molar-refractivity contribution >= 4 is 0 Å². The standard InChI is InChI=1S/C21H30O/c1-3-5-15-12-18-14(13-20(15)22)7-8-17-16(18)9-11-21(2)10-4-6-19(17)21/h12-13,16-17,19,22H,3-11H2,1-2H3/t16-,17+,19-,21-/m0/s1. The molecule has 4 atom stereocenters. The van der Waals surface area contributed by atoms with Crippen LogP contribution in [0.15, 0.2) is 12.1 Å². The van der Waals surface area contributed by atoms with Crippen LogP contribution in [-0.2, 0) is 12.8 Å². The monoisotopic (exact) mass is 298 g/mol. The average Bonchev–Trinajstić information content (AvgIpc) is 2.90. The molecule has 0 radical (unpaired) electrons. The number of aryl methyl sites for hydroxylation is 2. The van der Waals surface area contributed by atoms with Gasteiger partial charge in [0, 0.05) is 0 Å². The van der Waals surface area contributed by atoms with Crippen molar-refractivity contribution in [3.63, 3.8) is 0 Å². The molecule has 2 fully saturated rings. The van der Waals surface area contributed by atoms with Crippen molar-refractivity contribution in [2.75, 3.05) is 0 Å². The van der Waals surface area contributed by atoms with E-state index in [-0.39, 0.29) is 0 Å². The topological polar surface area (TPSA) is 20.2 Å². The third kappa shape index (κ3) is 2.12. The average molecular weight is 298 g/mol. The maximum atomic E-state index is 10.3. The lowest BCUT2D eigenvalue weighted by molar-refractivity contribution is 0.0598. The maximum Gasteiger partial charge on any atom is 0.119 e. The van der Waals surface area contributed by atoms with Crippen LogP contribution >= 0.6 is 0 Å². The van der Waals surface area contributed by atoms with Crippen molar-refractivity contribution in [2.45, 2.75) is 77.6 Å². The van der Waals surface area contributed by atoms with Crippen LogP contribution in [-0.4, -0.2) is 5.11 Å². The second-order valence-electron chi connectivity index (χ2n) is 8.43. The minimum Gasteiger partial charge on any atom is -0.508 e. The van der Waals surface area contributed by atoms with E-state index in [1.54, 1.807) is 5.56 Å². The van der Waals surface area contributed by atoms with Gasteiger partial charge in [-0.25, -0.2) is 0 Å². The minimum absolute atomic E-state index is 0.542. The first-order valence-electron chi connectivity index (χ1n) is 9.47. The molecular formula is C21H30O. The lowest BCUT2D eigenvalue weighted by Crippen LogP contribution is -2.39. The van der Waals surface area contributed by atoms with E-state index in [0.717, 1.165) is 30.6 Å². The van der Waals surface area contributed by atoms with Crippen molar-refractivity contribution in [3.8, 4) is 5.75 Å². The van der Waals surface area contributed by atoms with Crippen LogP contribution < -0.4 is 0 Å². The van der Waals surface area contributed by atoms with Gasteiger partial charge in [-0.15, -0.1) is 0 Å². The summed E-state index contributed by atoms with van der Waals surface area (Å²) >= 11 is 0. The zero-order valence-corrected chi connectivity index (χ0v) is 14.2. The van der Waals surface area contributed by atoms with Crippen LogP contribution in [0.3, 0.4) is 0 Å². The Labute approximate surface area is 135 Å². The number of fused-ring (bicyclic) bond motifs is 5. The lowest BCUT2D eigenvalue weighted by Gasteiger charge is -2.49. The number of phenols is 1. The van der Waals surface area contributed by atoms with Gasteiger partial charge in [-0.3, -0.25) is 0 Å². The summed E-state index contributed by atoms with van der Waals surface area (Å²) in [6.45, 7) is 4.77. The zero-order valence-electron chi connectivity index (χ0n) is 14.2. The smallest absolute Gasteiger partial charge is 0.119 e. The Morgan fingerprint density at radius 3 is 2.86 bits per heavy atom. The molecule has 0 spiro atoms. The van der Waals surface area contributed by atoms with Crippen molar-refractivity contribution in [2.24, 2.45) is 17.3 Å². The van der Waals surface area contributed by atoms with Gasteiger partial charge < -0.3 is 5.11 Å². The Morgan fingerprint density at radius 2 is 2.05 bits per heavy atom. The fourth-order valence-corrected chi connectivity index (χ4v) is 6.12. The Kier molecular flexibility index (Phi) is 3.51. The number of aromatic hydroxyl groups is 1. The molecule has 0 amide bonds. The molecule has 1 N–H and O–H groups in total. The Morgan fingerprint density at radius 1 is 1.18 bits per heavy atom. The molecule has 4 rings (SSSR count). The number of benzene rings is 1. The van der Waals surface area contributed by atoms with Crippen LogP contribution in [0.1, 0.15) is 81.4 Å². The van der Waals surface area contributed by atoms with Crippen molar-refractivity contribution in [3.05, 3.63) is 28.8 Å². The van der Waals surface area contributed by atoms with Gasteiger partial charge in [-0.2, -0.15) is 0 Å². The molecular weight excluding hydrogens is 268 g/mol. The van der Waals surface area contributed by atoms with Crippen LogP contribution in [0.5, 0.6) is 5.75 Å². The van der Waals surface area contributed by atoms with Crippen molar-refractivity contribution in [1.29, 1.82) is 0 Å². The molecule has 0 unspecified atom stereocenters. The van der Waals surface area contributed by atoms with E-state index in [0.29, 0.717) is 11.2 Å². The van der Waals surface area contributed by atoms with E-state index in [9.17, 15) is 5.11 Å². The largest absolute Gasteiger partial charge is 0.508 e. The highest BCUT2D eigenvalue weighted by atomic mass is 16.3. The summed E-state index contributed by atoms with van der Waals surface area (Å²) in [6, 6.07) is 4.47. The minimum atomic E-state index is 0.542. The van der Waals surface area contributed by atoms with E-state index in [1.807, 2.05) is 0 Å². The first-order chi connectivity index (χ1) is 10.6. The molecule has 1 heteroatoms. The van der Waals surface area contributed by atoms with E-state index >= 15 is 0 Å². The predicted octanol–water partition coefficient (Wildman–Crippen LogP) is 5.59. The fraction of sp³-hybridized carbons (Fsp3) is 0.714. The second-order valence-corrected chi connectivity index (χ2v) is 8.43. The summed E-state index contributed by atoms with van der Waals surface area (Å²) in [5.74, 6) is 3.19. The van der Waals surface area contributed by atoms with E-state index in [4.69, 9.17) is 0 Å². The summed E-state index contributed by atoms with van der Waals surface area (Å²) in [6.07, 6.45) is 11.8. The van der Waals surface area contributed by atoms with Gasteiger partial charge in [0.1, 0.15) is 5.75 Å². The maximum absolute atomic E-state index is 10.3. The van der Waals surface area contributed by atoms with Gasteiger partial charge in [-0.05, 0) is 90.9 Å². The summed E-state index contributed by atoms with van der Waals surface area (Å²) in [5, 5.41) is 10.3. The number of hydrogen-bond acceptors (Lipinski definition) is 1. The highest BCUT2D eigenvalue weighted by Gasteiger charge is 2.50. The first-order valence-corrected chi connectivity index (χ1v) is 9.47. The summed E-state index contributed by atoms with van der Waals surface area (Å²) in [4.78, 5) is 0. The molecule has 22 heavy (non-hydrogen) atoms. The Balaban J connectivity index is 1.71. The summed E-state index contributed by atoms with van der Waals surface area (Å²) in [5.41, 5.74) is 4.87. The lowest BCUT2D eigenvalue weighted by atomic mass is 9.56. The third-order valence-electron chi connectivity index (χ3n) is 7.22. The second kappa shape index (κ2) is 5.28. The number of phenolic OH excluding ortho intramolecular Hbond substituents is 1. The van der Waals surface area contributed by atoms with Gasteiger partial charge in [0.15, 0.2) is 0 Å². The molecule has 0 aromatic heterocycles. The van der Waals surface area contributed by atoms with Gasteiger partial charge in [0.25, 0.3) is 0 Å². The number of rotatable bonds is 2. The molecule has 1 nitrogen and oxygen atoms in total. The van der Waals surface area contributed by atoms with Crippen LogP contribution in [0, 0.1) is 17.3 Å². The molecule has 0 aliphatic heterocycles. The summed E-state index contributed by atoms with van der Waals surface area (Å²) < 4.78 is 0. The van der Waals surface area contributed by atoms with Gasteiger partial charge in [-0.1, -0.05) is 32.8 Å². The van der Waals surface area contributed by atoms with Gasteiger partial charge in [0.05, 0.1) is 0 Å². The Bertz CT molecular complexity index is 576. The third-order valence-corrected chi connectivity index (χ3v) is 7.22. The van der Waals surface area contributed by atoms with E-state index in [1.165, 1.54) is 56.1 Å². The SMILES string of the molecule is CCCc1cc2c(cc1O)CC[C@@H]1[C@@H]2CC[C@]2(C)CCC[C@@H]12. The van der Waals surface area contributed by atoms with Crippen LogP contribution in [0.4, 0.5) is 0 Å². The molecule has 120 valence electrons. The molecule has 2 saturated carbocycles. The van der Waals surface area contributed by atoms with Crippen LogP contribution in [0.2, 0.25) is 0 Å². The predicted molar refractivity (Wildman–Crippen MR) is 91.3 cm³/mol. The normalized spacial score (nSPS) is 36.5. The molecule has 0 saturated heterocycles. The molecule has 0 bridgehead atoms. The number of hydrogen-bond donors (Lipinski definition) is 1. The fourth-order valence-electron chi connectivity index (χ4n) is 6.12. The summed E-state index contributed by atoms with van der Waals surface area (Å²) in [7, 11) is 0. The van der Waals surface area contributed by atoms with E-state index < -0.39 is 0 Å². The quantitative estimate of drug-likeness (QED) is 0.754. The van der Waals surface area contributed by atoms with Crippen LogP contribution in [0.25, 0.3) is 0 Å². The molecule has 3 aliphatic carbocycles. The van der Waals surface area contributed by atoms with E-state index in [2.05, 4.69) is 26.0 Å². The molecule has 3 aliphatic rings. The Hall–Kier alpha value is -0.980. The van der Waals surface area contributed by atoms with Crippen molar-refractivity contribution < 1.29 is 5.11 Å². The highest BCUT2D eigenvalue weighted by Crippen LogP contribution is 2.61. The van der Waals surface area contributed by atoms with Gasteiger partial charge in [0.2, 0.25) is 0 Å². The van der Waals surface area contributed by atoms with Gasteiger partial charge >= 0.3 is 0 Å².